The Kier molecular flexibility index (Phi) is 4.80. The Bertz CT molecular complexity index is 1050. The summed E-state index contributed by atoms with van der Waals surface area (Å²) in [6.07, 6.45) is 0. The summed E-state index contributed by atoms with van der Waals surface area (Å²) in [5.41, 5.74) is 0.967. The highest BCUT2D eigenvalue weighted by Crippen LogP contribution is 2.23. The molecule has 1 heterocycles. The average Bonchev–Trinajstić information content (AvgIpc) is 2.90. The standard InChI is InChI=1S/C16H15BrN2O3S2/c1-3-19-14-9-4-11(17)10-15(14)23-16(19)18-24(20,21)13-7-5-12(22-2)6-8-13/h4-10H,3H2,1-2H3. The van der Waals surface area contributed by atoms with Gasteiger partial charge in [-0.2, -0.15) is 8.42 Å². The molecule has 2 aromatic carbocycles. The van der Waals surface area contributed by atoms with Gasteiger partial charge in [0.15, 0.2) is 0 Å². The lowest BCUT2D eigenvalue weighted by atomic mass is 10.3. The first-order chi connectivity index (χ1) is 11.4. The van der Waals surface area contributed by atoms with E-state index < -0.39 is 10.0 Å². The molecule has 0 saturated heterocycles. The highest BCUT2D eigenvalue weighted by Gasteiger charge is 2.14. The molecule has 0 fully saturated rings. The number of aryl methyl sites for hydroxylation is 1. The van der Waals surface area contributed by atoms with E-state index in [4.69, 9.17) is 4.74 Å². The van der Waals surface area contributed by atoms with Crippen LogP contribution in [0.4, 0.5) is 0 Å². The molecule has 0 radical (unpaired) electrons. The van der Waals surface area contributed by atoms with Gasteiger partial charge in [-0.05, 0) is 49.4 Å². The van der Waals surface area contributed by atoms with Crippen LogP contribution < -0.4 is 9.54 Å². The van der Waals surface area contributed by atoms with Crippen molar-refractivity contribution in [2.24, 2.45) is 4.40 Å². The Labute approximate surface area is 152 Å². The molecular weight excluding hydrogens is 412 g/mol. The summed E-state index contributed by atoms with van der Waals surface area (Å²) in [5, 5.41) is 0. The molecule has 0 aliphatic rings. The Hall–Kier alpha value is -1.64. The summed E-state index contributed by atoms with van der Waals surface area (Å²) in [6.45, 7) is 2.60. The van der Waals surface area contributed by atoms with Crippen LogP contribution in [0.25, 0.3) is 10.2 Å². The van der Waals surface area contributed by atoms with Crippen LogP contribution in [0.5, 0.6) is 5.75 Å². The number of halogens is 1. The minimum Gasteiger partial charge on any atom is -0.497 e. The summed E-state index contributed by atoms with van der Waals surface area (Å²) >= 11 is 4.79. The highest BCUT2D eigenvalue weighted by molar-refractivity contribution is 9.10. The maximum absolute atomic E-state index is 12.6. The molecule has 3 rings (SSSR count). The third kappa shape index (κ3) is 3.26. The maximum atomic E-state index is 12.6. The molecule has 126 valence electrons. The van der Waals surface area contributed by atoms with E-state index in [9.17, 15) is 8.42 Å². The Balaban J connectivity index is 2.17. The molecule has 1 aromatic heterocycles. The first-order valence-electron chi connectivity index (χ1n) is 7.18. The lowest BCUT2D eigenvalue weighted by molar-refractivity contribution is 0.414. The fraction of sp³-hybridized carbons (Fsp3) is 0.188. The number of ether oxygens (including phenoxy) is 1. The van der Waals surface area contributed by atoms with Crippen molar-refractivity contribution >= 4 is 47.5 Å². The zero-order valence-electron chi connectivity index (χ0n) is 13.1. The van der Waals surface area contributed by atoms with Crippen LogP contribution >= 0.6 is 27.3 Å². The van der Waals surface area contributed by atoms with Crippen molar-refractivity contribution in [3.8, 4) is 5.75 Å². The van der Waals surface area contributed by atoms with Gasteiger partial charge in [0.25, 0.3) is 10.0 Å². The van der Waals surface area contributed by atoms with Crippen molar-refractivity contribution in [1.29, 1.82) is 0 Å². The van der Waals surface area contributed by atoms with Crippen molar-refractivity contribution in [2.75, 3.05) is 7.11 Å². The lowest BCUT2D eigenvalue weighted by Gasteiger charge is -2.02. The molecule has 0 spiro atoms. The monoisotopic (exact) mass is 426 g/mol. The van der Waals surface area contributed by atoms with Crippen LogP contribution in [0.1, 0.15) is 6.92 Å². The van der Waals surface area contributed by atoms with Gasteiger partial charge in [-0.3, -0.25) is 0 Å². The lowest BCUT2D eigenvalue weighted by Crippen LogP contribution is -2.16. The Morgan fingerprint density at radius 2 is 1.92 bits per heavy atom. The second-order valence-electron chi connectivity index (χ2n) is 4.98. The number of nitrogens with zero attached hydrogens (tertiary/aromatic N) is 2. The number of rotatable bonds is 4. The number of aromatic nitrogens is 1. The first-order valence-corrected chi connectivity index (χ1v) is 10.2. The molecule has 0 aliphatic heterocycles. The molecule has 0 atom stereocenters. The van der Waals surface area contributed by atoms with E-state index in [1.54, 1.807) is 12.1 Å². The fourth-order valence-electron chi connectivity index (χ4n) is 2.33. The van der Waals surface area contributed by atoms with Crippen molar-refractivity contribution < 1.29 is 13.2 Å². The summed E-state index contributed by atoms with van der Waals surface area (Å²) in [5.74, 6) is 0.601. The van der Waals surface area contributed by atoms with Crippen LogP contribution in [-0.4, -0.2) is 20.1 Å². The smallest absolute Gasteiger partial charge is 0.285 e. The van der Waals surface area contributed by atoms with Gasteiger partial charge < -0.3 is 9.30 Å². The fourth-order valence-corrected chi connectivity index (χ4v) is 5.17. The zero-order valence-corrected chi connectivity index (χ0v) is 16.3. The number of hydrogen-bond acceptors (Lipinski definition) is 4. The van der Waals surface area contributed by atoms with Gasteiger partial charge in [0.1, 0.15) is 5.75 Å². The first kappa shape index (κ1) is 17.2. The van der Waals surface area contributed by atoms with Crippen molar-refractivity contribution in [3.63, 3.8) is 0 Å². The van der Waals surface area contributed by atoms with E-state index in [1.165, 1.54) is 30.6 Å². The summed E-state index contributed by atoms with van der Waals surface area (Å²) in [7, 11) is -2.25. The number of benzene rings is 2. The predicted octanol–water partition coefficient (Wildman–Crippen LogP) is 3.78. The maximum Gasteiger partial charge on any atom is 0.285 e. The van der Waals surface area contributed by atoms with Crippen LogP contribution in [0, 0.1) is 0 Å². The van der Waals surface area contributed by atoms with Crippen molar-refractivity contribution in [1.82, 2.24) is 4.57 Å². The predicted molar refractivity (Wildman–Crippen MR) is 98.9 cm³/mol. The molecule has 0 saturated carbocycles. The summed E-state index contributed by atoms with van der Waals surface area (Å²) < 4.78 is 38.1. The van der Waals surface area contributed by atoms with Gasteiger partial charge in [-0.15, -0.1) is 4.40 Å². The topological polar surface area (TPSA) is 60.7 Å². The number of hydrogen-bond donors (Lipinski definition) is 0. The van der Waals surface area contributed by atoms with Crippen LogP contribution in [0.3, 0.4) is 0 Å². The van der Waals surface area contributed by atoms with Crippen LogP contribution in [0.2, 0.25) is 0 Å². The molecule has 24 heavy (non-hydrogen) atoms. The van der Waals surface area contributed by atoms with E-state index in [-0.39, 0.29) is 4.90 Å². The molecule has 0 aliphatic carbocycles. The van der Waals surface area contributed by atoms with E-state index in [2.05, 4.69) is 20.3 Å². The molecule has 5 nitrogen and oxygen atoms in total. The molecule has 0 amide bonds. The minimum atomic E-state index is -3.78. The molecule has 0 unspecified atom stereocenters. The number of methoxy groups -OCH3 is 1. The van der Waals surface area contributed by atoms with Crippen molar-refractivity contribution in [2.45, 2.75) is 18.4 Å². The largest absolute Gasteiger partial charge is 0.497 e. The van der Waals surface area contributed by atoms with Crippen LogP contribution in [-0.2, 0) is 16.6 Å². The molecule has 0 bridgehead atoms. The second-order valence-corrected chi connectivity index (χ2v) is 8.51. The second kappa shape index (κ2) is 6.70. The zero-order chi connectivity index (χ0) is 17.3. The Morgan fingerprint density at radius 1 is 1.21 bits per heavy atom. The van der Waals surface area contributed by atoms with Crippen LogP contribution in [0.15, 0.2) is 56.2 Å². The van der Waals surface area contributed by atoms with E-state index in [0.29, 0.717) is 17.1 Å². The van der Waals surface area contributed by atoms with E-state index >= 15 is 0 Å². The number of fused-ring (bicyclic) bond motifs is 1. The van der Waals surface area contributed by atoms with Gasteiger partial charge in [0.05, 0.1) is 22.2 Å². The van der Waals surface area contributed by atoms with Crippen molar-refractivity contribution in [3.05, 3.63) is 51.7 Å². The average molecular weight is 427 g/mol. The number of sulfonamides is 1. The third-order valence-electron chi connectivity index (χ3n) is 3.52. The molecule has 0 N–H and O–H groups in total. The summed E-state index contributed by atoms with van der Waals surface area (Å²) in [4.78, 5) is 0.603. The van der Waals surface area contributed by atoms with Gasteiger partial charge in [0.2, 0.25) is 4.80 Å². The normalized spacial score (nSPS) is 12.7. The summed E-state index contributed by atoms with van der Waals surface area (Å²) in [6, 6.07) is 12.1. The molecule has 3 aromatic rings. The molecule has 8 heteroatoms. The highest BCUT2D eigenvalue weighted by atomic mass is 79.9. The van der Waals surface area contributed by atoms with Gasteiger partial charge in [0, 0.05) is 11.0 Å². The number of thiazole rings is 1. The third-order valence-corrected chi connectivity index (χ3v) is 6.45. The van der Waals surface area contributed by atoms with Gasteiger partial charge in [-0.1, -0.05) is 27.3 Å². The Morgan fingerprint density at radius 3 is 2.54 bits per heavy atom. The van der Waals surface area contributed by atoms with E-state index in [1.807, 2.05) is 29.7 Å². The SMILES string of the molecule is CCn1c(=NS(=O)(=O)c2ccc(OC)cc2)sc2cc(Br)ccc21. The molecular formula is C16H15BrN2O3S2. The van der Waals surface area contributed by atoms with Gasteiger partial charge >= 0.3 is 0 Å². The minimum absolute atomic E-state index is 0.143. The quantitative estimate of drug-likeness (QED) is 0.637. The van der Waals surface area contributed by atoms with E-state index in [0.717, 1.165) is 14.7 Å². The van der Waals surface area contributed by atoms with Gasteiger partial charge in [-0.25, -0.2) is 0 Å².